The van der Waals surface area contributed by atoms with E-state index in [1.54, 1.807) is 48.5 Å². The van der Waals surface area contributed by atoms with Crippen LogP contribution < -0.4 is 19.9 Å². The Hall–Kier alpha value is -3.84. The van der Waals surface area contributed by atoms with E-state index in [1.807, 2.05) is 13.0 Å². The molecule has 2 amide bonds. The fourth-order valence-corrected chi connectivity index (χ4v) is 3.57. The van der Waals surface area contributed by atoms with Crippen molar-refractivity contribution in [2.24, 2.45) is 0 Å². The van der Waals surface area contributed by atoms with E-state index in [0.29, 0.717) is 29.4 Å². The van der Waals surface area contributed by atoms with Crippen molar-refractivity contribution in [3.63, 3.8) is 0 Å². The topological polar surface area (TPSA) is 67.9 Å². The molecular formula is C25H20ClFN2O4. The molecule has 1 fully saturated rings. The second kappa shape index (κ2) is 9.75. The van der Waals surface area contributed by atoms with Gasteiger partial charge in [0.1, 0.15) is 18.0 Å². The summed E-state index contributed by atoms with van der Waals surface area (Å²) in [4.78, 5) is 25.3. The van der Waals surface area contributed by atoms with Gasteiger partial charge in [0, 0.05) is 0 Å². The fraction of sp³-hybridized carbons (Fsp3) is 0.120. The predicted octanol–water partition coefficient (Wildman–Crippen LogP) is 4.92. The van der Waals surface area contributed by atoms with Crippen molar-refractivity contribution in [2.75, 3.05) is 11.6 Å². The number of ether oxygens (including phenoxy) is 2. The number of benzene rings is 3. The van der Waals surface area contributed by atoms with Gasteiger partial charge in [0.2, 0.25) is 0 Å². The normalized spacial score (nSPS) is 14.5. The lowest BCUT2D eigenvalue weighted by Gasteiger charge is -2.15. The molecular weight excluding hydrogens is 447 g/mol. The first kappa shape index (κ1) is 22.4. The smallest absolute Gasteiger partial charge is 0.282 e. The summed E-state index contributed by atoms with van der Waals surface area (Å²) in [5.74, 6) is -0.644. The lowest BCUT2D eigenvalue weighted by molar-refractivity contribution is -0.117. The summed E-state index contributed by atoms with van der Waals surface area (Å²) >= 11 is 6.45. The molecule has 3 aromatic rings. The number of nitrogens with one attached hydrogen (secondary N) is 1. The van der Waals surface area contributed by atoms with E-state index < -0.39 is 11.8 Å². The predicted molar refractivity (Wildman–Crippen MR) is 123 cm³/mol. The molecule has 0 unspecified atom stereocenters. The third-order valence-electron chi connectivity index (χ3n) is 4.84. The zero-order valence-corrected chi connectivity index (χ0v) is 18.4. The van der Waals surface area contributed by atoms with E-state index in [-0.39, 0.29) is 23.0 Å². The monoisotopic (exact) mass is 466 g/mol. The Bertz CT molecular complexity index is 1210. The zero-order valence-electron chi connectivity index (χ0n) is 17.7. The maximum Gasteiger partial charge on any atom is 0.282 e. The number of hydrogen-bond donors (Lipinski definition) is 1. The number of carbonyl (C=O) groups is 2. The molecule has 0 aliphatic carbocycles. The van der Waals surface area contributed by atoms with E-state index in [9.17, 15) is 14.0 Å². The fourth-order valence-electron chi connectivity index (χ4n) is 3.29. The lowest BCUT2D eigenvalue weighted by atomic mass is 10.1. The second-order valence-electron chi connectivity index (χ2n) is 7.15. The highest BCUT2D eigenvalue weighted by molar-refractivity contribution is 6.33. The van der Waals surface area contributed by atoms with Crippen molar-refractivity contribution in [1.29, 1.82) is 0 Å². The quantitative estimate of drug-likeness (QED) is 0.396. The van der Waals surface area contributed by atoms with Gasteiger partial charge in [-0.1, -0.05) is 41.9 Å². The van der Waals surface area contributed by atoms with Crippen molar-refractivity contribution in [2.45, 2.75) is 13.5 Å². The minimum Gasteiger partial charge on any atom is -0.490 e. The number of anilines is 1. The number of para-hydroxylation sites is 1. The van der Waals surface area contributed by atoms with E-state index in [0.717, 1.165) is 5.56 Å². The molecule has 0 atom stereocenters. The molecule has 1 saturated heterocycles. The molecule has 0 aromatic heterocycles. The van der Waals surface area contributed by atoms with Crippen LogP contribution in [0, 0.1) is 5.82 Å². The molecule has 0 spiro atoms. The minimum absolute atomic E-state index is 0.0302. The molecule has 1 aliphatic heterocycles. The number of halogens is 2. The van der Waals surface area contributed by atoms with Gasteiger partial charge in [0.05, 0.1) is 17.3 Å². The maximum atomic E-state index is 13.1. The van der Waals surface area contributed by atoms with Gasteiger partial charge in [-0.25, -0.2) is 9.40 Å². The third kappa shape index (κ3) is 4.99. The van der Waals surface area contributed by atoms with Gasteiger partial charge in [-0.2, -0.15) is 0 Å². The highest BCUT2D eigenvalue weighted by Crippen LogP contribution is 2.38. The molecule has 1 heterocycles. The minimum atomic E-state index is -0.519. The maximum absolute atomic E-state index is 13.1. The molecule has 8 heteroatoms. The van der Waals surface area contributed by atoms with Gasteiger partial charge < -0.3 is 9.47 Å². The molecule has 6 nitrogen and oxygen atoms in total. The highest BCUT2D eigenvalue weighted by atomic mass is 35.5. The number of carbonyl (C=O) groups excluding carboxylic acids is 2. The van der Waals surface area contributed by atoms with Crippen LogP contribution in [0.3, 0.4) is 0 Å². The summed E-state index contributed by atoms with van der Waals surface area (Å²) in [7, 11) is 0. The summed E-state index contributed by atoms with van der Waals surface area (Å²) in [6.45, 7) is 2.33. The summed E-state index contributed by atoms with van der Waals surface area (Å²) in [5.41, 5.74) is 4.35. The molecule has 33 heavy (non-hydrogen) atoms. The second-order valence-corrected chi connectivity index (χ2v) is 7.56. The number of hydrazine groups is 1. The van der Waals surface area contributed by atoms with Crippen LogP contribution in [0.5, 0.6) is 11.5 Å². The summed E-state index contributed by atoms with van der Waals surface area (Å²) in [6, 6.07) is 18.0. The summed E-state index contributed by atoms with van der Waals surface area (Å²) in [6.07, 6.45) is 1.46. The van der Waals surface area contributed by atoms with E-state index >= 15 is 0 Å². The van der Waals surface area contributed by atoms with Gasteiger partial charge in [-0.05, 0) is 60.5 Å². The Morgan fingerprint density at radius 3 is 2.45 bits per heavy atom. The molecule has 0 saturated carbocycles. The highest BCUT2D eigenvalue weighted by Gasteiger charge is 2.34. The van der Waals surface area contributed by atoms with Crippen molar-refractivity contribution in [1.82, 2.24) is 5.43 Å². The number of hydrogen-bond acceptors (Lipinski definition) is 4. The summed E-state index contributed by atoms with van der Waals surface area (Å²) < 4.78 is 24.6. The van der Waals surface area contributed by atoms with Crippen LogP contribution in [0.25, 0.3) is 6.08 Å². The Labute approximate surface area is 195 Å². The Kier molecular flexibility index (Phi) is 6.60. The molecule has 1 N–H and O–H groups in total. The van der Waals surface area contributed by atoms with Crippen LogP contribution in [0.15, 0.2) is 72.3 Å². The molecule has 0 bridgehead atoms. The molecule has 0 radical (unpaired) electrons. The van der Waals surface area contributed by atoms with Crippen LogP contribution in [0.1, 0.15) is 18.1 Å². The van der Waals surface area contributed by atoms with Gasteiger partial charge in [0.25, 0.3) is 11.8 Å². The first-order chi connectivity index (χ1) is 16.0. The lowest BCUT2D eigenvalue weighted by Crippen LogP contribution is -2.35. The SMILES string of the molecule is CCOc1cc(C=C2C(=O)NN(c3ccccc3)C2=O)cc(Cl)c1OCc1ccc(F)cc1. The Morgan fingerprint density at radius 1 is 1.03 bits per heavy atom. The van der Waals surface area contributed by atoms with E-state index in [4.69, 9.17) is 21.1 Å². The van der Waals surface area contributed by atoms with Crippen LogP contribution >= 0.6 is 11.6 Å². The van der Waals surface area contributed by atoms with E-state index in [1.165, 1.54) is 23.2 Å². The Morgan fingerprint density at radius 2 is 1.76 bits per heavy atom. The molecule has 1 aliphatic rings. The molecule has 4 rings (SSSR count). The standard InChI is InChI=1S/C25H20ClFN2O4/c1-2-32-22-14-17(13-21(26)23(22)33-15-16-8-10-18(27)11-9-16)12-20-24(30)28-29(25(20)31)19-6-4-3-5-7-19/h3-14H,2,15H2,1H3,(H,28,30). The van der Waals surface area contributed by atoms with Crippen LogP contribution in [0.4, 0.5) is 10.1 Å². The van der Waals surface area contributed by atoms with Crippen LogP contribution in [-0.4, -0.2) is 18.4 Å². The van der Waals surface area contributed by atoms with Gasteiger partial charge in [-0.3, -0.25) is 15.0 Å². The van der Waals surface area contributed by atoms with Gasteiger partial charge in [0.15, 0.2) is 11.5 Å². The average Bonchev–Trinajstić information content (AvgIpc) is 3.09. The van der Waals surface area contributed by atoms with E-state index in [2.05, 4.69) is 5.43 Å². The summed E-state index contributed by atoms with van der Waals surface area (Å²) in [5, 5.41) is 1.44. The largest absolute Gasteiger partial charge is 0.490 e. The van der Waals surface area contributed by atoms with Crippen LogP contribution in [-0.2, 0) is 16.2 Å². The van der Waals surface area contributed by atoms with Gasteiger partial charge >= 0.3 is 0 Å². The number of amides is 2. The number of nitrogens with zero attached hydrogens (tertiary/aromatic N) is 1. The van der Waals surface area contributed by atoms with Crippen molar-refractivity contribution in [3.8, 4) is 11.5 Å². The van der Waals surface area contributed by atoms with Crippen molar-refractivity contribution in [3.05, 3.63) is 94.3 Å². The zero-order chi connectivity index (χ0) is 23.4. The van der Waals surface area contributed by atoms with Crippen LogP contribution in [0.2, 0.25) is 5.02 Å². The number of rotatable bonds is 7. The van der Waals surface area contributed by atoms with Crippen molar-refractivity contribution < 1.29 is 23.5 Å². The van der Waals surface area contributed by atoms with Gasteiger partial charge in [-0.15, -0.1) is 0 Å². The molecule has 168 valence electrons. The average molecular weight is 467 g/mol. The Balaban J connectivity index is 1.60. The first-order valence-electron chi connectivity index (χ1n) is 10.2. The molecule has 3 aromatic carbocycles. The third-order valence-corrected chi connectivity index (χ3v) is 5.13. The first-order valence-corrected chi connectivity index (χ1v) is 10.6. The van der Waals surface area contributed by atoms with Crippen molar-refractivity contribution >= 4 is 35.2 Å².